The molecule has 0 fully saturated rings. The number of rotatable bonds is 7. The molecule has 5 nitrogen and oxygen atoms in total. The summed E-state index contributed by atoms with van der Waals surface area (Å²) in [6, 6.07) is 17.8. The van der Waals surface area contributed by atoms with E-state index in [1.807, 2.05) is 54.6 Å². The molecule has 1 atom stereocenters. The SMILES string of the molecule is CC(C)C[C@H](N)COc1ccc2c3ccncc3c(=O)n(Cc3ccccc3)c2c1. The Morgan fingerprint density at radius 2 is 1.83 bits per heavy atom. The highest BCUT2D eigenvalue weighted by Gasteiger charge is 2.13. The van der Waals surface area contributed by atoms with Crippen LogP contribution in [0.3, 0.4) is 0 Å². The lowest BCUT2D eigenvalue weighted by atomic mass is 10.1. The van der Waals surface area contributed by atoms with Crippen molar-refractivity contribution in [2.45, 2.75) is 32.9 Å². The van der Waals surface area contributed by atoms with Gasteiger partial charge in [0.2, 0.25) is 0 Å². The summed E-state index contributed by atoms with van der Waals surface area (Å²) in [5.74, 6) is 1.24. The second-order valence-corrected chi connectivity index (χ2v) is 8.18. The van der Waals surface area contributed by atoms with Crippen LogP contribution in [-0.4, -0.2) is 22.2 Å². The van der Waals surface area contributed by atoms with Gasteiger partial charge in [-0.15, -0.1) is 0 Å². The van der Waals surface area contributed by atoms with Gasteiger partial charge in [0.1, 0.15) is 12.4 Å². The monoisotopic (exact) mass is 401 g/mol. The largest absolute Gasteiger partial charge is 0.492 e. The van der Waals surface area contributed by atoms with Crippen molar-refractivity contribution < 1.29 is 4.74 Å². The highest BCUT2D eigenvalue weighted by atomic mass is 16.5. The van der Waals surface area contributed by atoms with Crippen LogP contribution in [0.1, 0.15) is 25.8 Å². The van der Waals surface area contributed by atoms with Crippen molar-refractivity contribution in [1.29, 1.82) is 0 Å². The molecule has 0 aliphatic rings. The molecule has 0 radical (unpaired) electrons. The fraction of sp³-hybridized carbons (Fsp3) is 0.280. The Hall–Kier alpha value is -3.18. The molecule has 0 aliphatic heterocycles. The quantitative estimate of drug-likeness (QED) is 0.468. The maximum atomic E-state index is 13.3. The van der Waals surface area contributed by atoms with Crippen LogP contribution < -0.4 is 16.0 Å². The van der Waals surface area contributed by atoms with Crippen LogP contribution in [0, 0.1) is 5.92 Å². The number of fused-ring (bicyclic) bond motifs is 3. The third kappa shape index (κ3) is 4.21. The second-order valence-electron chi connectivity index (χ2n) is 8.18. The van der Waals surface area contributed by atoms with Crippen LogP contribution >= 0.6 is 0 Å². The van der Waals surface area contributed by atoms with Crippen LogP contribution in [0.25, 0.3) is 21.7 Å². The smallest absolute Gasteiger partial charge is 0.260 e. The summed E-state index contributed by atoms with van der Waals surface area (Å²) in [5.41, 5.74) is 8.04. The van der Waals surface area contributed by atoms with Gasteiger partial charge < -0.3 is 15.0 Å². The molecule has 0 saturated heterocycles. The minimum absolute atomic E-state index is 0.0186. The fourth-order valence-corrected chi connectivity index (χ4v) is 3.91. The van der Waals surface area contributed by atoms with E-state index in [9.17, 15) is 4.79 Å². The van der Waals surface area contributed by atoms with Crippen molar-refractivity contribution in [3.63, 3.8) is 0 Å². The number of nitrogens with zero attached hydrogens (tertiary/aromatic N) is 2. The van der Waals surface area contributed by atoms with Crippen molar-refractivity contribution in [2.24, 2.45) is 11.7 Å². The molecule has 5 heteroatoms. The first-order valence-corrected chi connectivity index (χ1v) is 10.4. The zero-order valence-electron chi connectivity index (χ0n) is 17.4. The first kappa shape index (κ1) is 20.1. The van der Waals surface area contributed by atoms with Crippen LogP contribution in [-0.2, 0) is 6.54 Å². The molecule has 0 amide bonds. The van der Waals surface area contributed by atoms with Crippen molar-refractivity contribution in [1.82, 2.24) is 9.55 Å². The van der Waals surface area contributed by atoms with Gasteiger partial charge >= 0.3 is 0 Å². The van der Waals surface area contributed by atoms with Crippen molar-refractivity contribution >= 4 is 21.7 Å². The normalized spacial score (nSPS) is 12.5. The molecule has 2 heterocycles. The van der Waals surface area contributed by atoms with Crippen LogP contribution in [0.2, 0.25) is 0 Å². The van der Waals surface area contributed by atoms with Gasteiger partial charge in [-0.2, -0.15) is 0 Å². The summed E-state index contributed by atoms with van der Waals surface area (Å²) >= 11 is 0. The number of ether oxygens (including phenoxy) is 1. The molecule has 30 heavy (non-hydrogen) atoms. The molecule has 154 valence electrons. The lowest BCUT2D eigenvalue weighted by Crippen LogP contribution is -2.29. The summed E-state index contributed by atoms with van der Waals surface area (Å²) in [6.45, 7) is 5.23. The Balaban J connectivity index is 1.79. The average Bonchev–Trinajstić information content (AvgIpc) is 2.75. The van der Waals surface area contributed by atoms with E-state index in [4.69, 9.17) is 10.5 Å². The van der Waals surface area contributed by atoms with E-state index in [1.165, 1.54) is 0 Å². The van der Waals surface area contributed by atoms with E-state index in [2.05, 4.69) is 18.8 Å². The van der Waals surface area contributed by atoms with Gasteiger partial charge in [-0.25, -0.2) is 0 Å². The Morgan fingerprint density at radius 1 is 1.03 bits per heavy atom. The first-order chi connectivity index (χ1) is 14.5. The van der Waals surface area contributed by atoms with E-state index in [1.54, 1.807) is 17.0 Å². The fourth-order valence-electron chi connectivity index (χ4n) is 3.91. The van der Waals surface area contributed by atoms with E-state index in [-0.39, 0.29) is 11.6 Å². The van der Waals surface area contributed by atoms with E-state index in [0.29, 0.717) is 24.5 Å². The van der Waals surface area contributed by atoms with Crippen LogP contribution in [0.15, 0.2) is 71.8 Å². The van der Waals surface area contributed by atoms with Gasteiger partial charge in [0.25, 0.3) is 5.56 Å². The summed E-state index contributed by atoms with van der Waals surface area (Å²) in [6.07, 6.45) is 4.27. The van der Waals surface area contributed by atoms with Crippen molar-refractivity contribution in [2.75, 3.05) is 6.61 Å². The van der Waals surface area contributed by atoms with Gasteiger partial charge in [0.05, 0.1) is 17.4 Å². The highest BCUT2D eigenvalue weighted by Crippen LogP contribution is 2.27. The van der Waals surface area contributed by atoms with Gasteiger partial charge in [0, 0.05) is 29.9 Å². The Labute approximate surface area is 176 Å². The number of nitrogens with two attached hydrogens (primary N) is 1. The number of benzene rings is 2. The topological polar surface area (TPSA) is 70.1 Å². The Kier molecular flexibility index (Phi) is 5.81. The van der Waals surface area contributed by atoms with Gasteiger partial charge in [-0.05, 0) is 41.5 Å². The molecular formula is C25H27N3O2. The molecule has 2 aromatic carbocycles. The minimum atomic E-state index is -0.0527. The molecule has 0 saturated carbocycles. The lowest BCUT2D eigenvalue weighted by Gasteiger charge is -2.17. The Morgan fingerprint density at radius 3 is 2.60 bits per heavy atom. The highest BCUT2D eigenvalue weighted by molar-refractivity contribution is 6.05. The van der Waals surface area contributed by atoms with E-state index >= 15 is 0 Å². The maximum Gasteiger partial charge on any atom is 0.260 e. The summed E-state index contributed by atoms with van der Waals surface area (Å²) in [5, 5.41) is 2.52. The number of aromatic nitrogens is 2. The standard InChI is InChI=1S/C25H27N3O2/c1-17(2)12-19(26)16-30-20-8-9-22-21-10-11-27-14-23(21)25(29)28(24(22)13-20)15-18-6-4-3-5-7-18/h3-11,13-14,17,19H,12,15-16,26H2,1-2H3/t19-/m0/s1. The number of pyridine rings is 2. The maximum absolute atomic E-state index is 13.3. The number of hydrogen-bond acceptors (Lipinski definition) is 4. The van der Waals surface area contributed by atoms with E-state index < -0.39 is 0 Å². The molecule has 0 spiro atoms. The van der Waals surface area contributed by atoms with Gasteiger partial charge in [-0.1, -0.05) is 44.2 Å². The minimum Gasteiger partial charge on any atom is -0.492 e. The predicted molar refractivity (Wildman–Crippen MR) is 122 cm³/mol. The van der Waals surface area contributed by atoms with Crippen LogP contribution in [0.5, 0.6) is 5.75 Å². The number of hydrogen-bond donors (Lipinski definition) is 1. The Bertz CT molecular complexity index is 1220. The zero-order chi connectivity index (χ0) is 21.1. The van der Waals surface area contributed by atoms with Crippen LogP contribution in [0.4, 0.5) is 0 Å². The van der Waals surface area contributed by atoms with Gasteiger partial charge in [0.15, 0.2) is 0 Å². The average molecular weight is 402 g/mol. The predicted octanol–water partition coefficient (Wildman–Crippen LogP) is 4.35. The molecular weight excluding hydrogens is 374 g/mol. The summed E-state index contributed by atoms with van der Waals surface area (Å²) in [7, 11) is 0. The van der Waals surface area contributed by atoms with E-state index in [0.717, 1.165) is 34.0 Å². The summed E-state index contributed by atoms with van der Waals surface area (Å²) in [4.78, 5) is 17.5. The molecule has 2 aromatic heterocycles. The molecule has 0 aliphatic carbocycles. The zero-order valence-corrected chi connectivity index (χ0v) is 17.4. The molecule has 0 unspecified atom stereocenters. The summed E-state index contributed by atoms with van der Waals surface area (Å²) < 4.78 is 7.78. The molecule has 0 bridgehead atoms. The molecule has 2 N–H and O–H groups in total. The lowest BCUT2D eigenvalue weighted by molar-refractivity contribution is 0.271. The molecule has 4 rings (SSSR count). The first-order valence-electron chi connectivity index (χ1n) is 10.4. The second kappa shape index (κ2) is 8.67. The van der Waals surface area contributed by atoms with Gasteiger partial charge in [-0.3, -0.25) is 9.78 Å². The molecule has 4 aromatic rings. The van der Waals surface area contributed by atoms with Crippen molar-refractivity contribution in [3.05, 3.63) is 82.9 Å². The third-order valence-corrected chi connectivity index (χ3v) is 5.27. The van der Waals surface area contributed by atoms with Crippen molar-refractivity contribution in [3.8, 4) is 5.75 Å². The third-order valence-electron chi connectivity index (χ3n) is 5.27.